The van der Waals surface area contributed by atoms with E-state index < -0.39 is 5.91 Å². The molecule has 0 aliphatic heterocycles. The van der Waals surface area contributed by atoms with Crippen LogP contribution in [0.5, 0.6) is 5.75 Å². The number of rotatable bonds is 5. The first-order valence-electron chi connectivity index (χ1n) is 8.00. The molecule has 0 radical (unpaired) electrons. The number of carbonyl (C=O) groups is 1. The van der Waals surface area contributed by atoms with Gasteiger partial charge in [0.2, 0.25) is 0 Å². The summed E-state index contributed by atoms with van der Waals surface area (Å²) in [5.74, 6) is -0.539. The van der Waals surface area contributed by atoms with E-state index in [1.807, 2.05) is 19.1 Å². The maximum atomic E-state index is 11.9. The van der Waals surface area contributed by atoms with Crippen LogP contribution in [0.15, 0.2) is 41.4 Å². The van der Waals surface area contributed by atoms with Crippen LogP contribution in [0.1, 0.15) is 32.7 Å². The topological polar surface area (TPSA) is 104 Å². The highest BCUT2D eigenvalue weighted by Gasteiger charge is 2.18. The summed E-state index contributed by atoms with van der Waals surface area (Å²) >= 11 is 12.0. The number of benzene rings is 2. The van der Waals surface area contributed by atoms with Gasteiger partial charge >= 0.3 is 0 Å². The molecule has 4 N–H and O–H groups in total. The van der Waals surface area contributed by atoms with Gasteiger partial charge in [0.1, 0.15) is 11.3 Å². The summed E-state index contributed by atoms with van der Waals surface area (Å²) in [6.45, 7) is 1.81. The van der Waals surface area contributed by atoms with Crippen molar-refractivity contribution >= 4 is 41.1 Å². The predicted molar refractivity (Wildman–Crippen MR) is 106 cm³/mol. The summed E-state index contributed by atoms with van der Waals surface area (Å²) in [5, 5.41) is 17.9. The van der Waals surface area contributed by atoms with Crippen LogP contribution >= 0.6 is 23.2 Å². The number of halogens is 2. The molecule has 8 heteroatoms. The average molecular weight is 403 g/mol. The van der Waals surface area contributed by atoms with Crippen molar-refractivity contribution in [2.75, 3.05) is 0 Å². The predicted octanol–water partition coefficient (Wildman–Crippen LogP) is 4.17. The second-order valence-corrected chi connectivity index (χ2v) is 6.85. The van der Waals surface area contributed by atoms with Gasteiger partial charge in [-0.1, -0.05) is 35.3 Å². The van der Waals surface area contributed by atoms with Crippen LogP contribution in [0.4, 0.5) is 5.82 Å². The number of nitrogens with two attached hydrogens (primary N) is 1. The summed E-state index contributed by atoms with van der Waals surface area (Å²) in [4.78, 5) is 16.1. The highest BCUT2D eigenvalue weighted by Crippen LogP contribution is 2.27. The fourth-order valence-electron chi connectivity index (χ4n) is 2.64. The number of aromatic hydroxyl groups is 1. The zero-order chi connectivity index (χ0) is 19.6. The molecular weight excluding hydrogens is 387 g/mol. The number of nitrogens with one attached hydrogen (secondary N) is 1. The molecule has 1 heterocycles. The smallest absolute Gasteiger partial charge is 0.254 e. The van der Waals surface area contributed by atoms with Crippen molar-refractivity contribution in [1.82, 2.24) is 10.2 Å². The van der Waals surface area contributed by atoms with E-state index in [1.165, 1.54) is 6.21 Å². The van der Waals surface area contributed by atoms with E-state index in [9.17, 15) is 9.90 Å². The zero-order valence-corrected chi connectivity index (χ0v) is 15.8. The normalized spacial score (nSPS) is 11.2. The Bertz CT molecular complexity index is 1000. The van der Waals surface area contributed by atoms with Crippen molar-refractivity contribution in [2.45, 2.75) is 13.3 Å². The Balaban J connectivity index is 1.94. The third-order valence-electron chi connectivity index (χ3n) is 3.93. The summed E-state index contributed by atoms with van der Waals surface area (Å²) < 4.78 is 0. The molecule has 3 aromatic rings. The number of amides is 1. The van der Waals surface area contributed by atoms with Crippen LogP contribution in [-0.4, -0.2) is 27.4 Å². The number of phenols is 1. The Kier molecular flexibility index (Phi) is 5.48. The number of nitrogens with zero attached hydrogens (tertiary/aromatic N) is 2. The molecule has 6 nitrogen and oxygen atoms in total. The van der Waals surface area contributed by atoms with E-state index >= 15 is 0 Å². The third kappa shape index (κ3) is 4.30. The van der Waals surface area contributed by atoms with E-state index in [1.54, 1.807) is 24.3 Å². The lowest BCUT2D eigenvalue weighted by Crippen LogP contribution is -2.13. The number of aromatic amines is 1. The molecule has 0 aliphatic rings. The minimum absolute atomic E-state index is 0.0127. The lowest BCUT2D eigenvalue weighted by Gasteiger charge is -2.04. The molecular formula is C19H16Cl2N4O2. The van der Waals surface area contributed by atoms with Gasteiger partial charge in [0.15, 0.2) is 5.82 Å². The SMILES string of the molecule is Cc1cc(O)c(C=Nc2n[nH]c(Cc3ccc(Cl)cc3)c2C(N)=O)c(Cl)c1. The van der Waals surface area contributed by atoms with E-state index in [-0.39, 0.29) is 17.1 Å². The van der Waals surface area contributed by atoms with Crippen molar-refractivity contribution in [3.05, 3.63) is 74.4 Å². The van der Waals surface area contributed by atoms with Crippen LogP contribution in [0.25, 0.3) is 0 Å². The van der Waals surface area contributed by atoms with Crippen molar-refractivity contribution in [3.63, 3.8) is 0 Å². The Labute approximate surface area is 165 Å². The second-order valence-electron chi connectivity index (χ2n) is 6.01. The Morgan fingerprint density at radius 1 is 1.30 bits per heavy atom. The van der Waals surface area contributed by atoms with Crippen molar-refractivity contribution in [1.29, 1.82) is 0 Å². The molecule has 0 unspecified atom stereocenters. The largest absolute Gasteiger partial charge is 0.507 e. The van der Waals surface area contributed by atoms with Gasteiger partial charge in [-0.05, 0) is 42.3 Å². The number of aliphatic imine (C=N–C) groups is 1. The molecule has 138 valence electrons. The number of aromatic nitrogens is 2. The highest BCUT2D eigenvalue weighted by atomic mass is 35.5. The number of hydrogen-bond donors (Lipinski definition) is 3. The third-order valence-corrected chi connectivity index (χ3v) is 4.50. The van der Waals surface area contributed by atoms with E-state index in [2.05, 4.69) is 15.2 Å². The number of aryl methyl sites for hydroxylation is 1. The zero-order valence-electron chi connectivity index (χ0n) is 14.3. The first-order chi connectivity index (χ1) is 12.8. The molecule has 0 atom stereocenters. The fraction of sp³-hybridized carbons (Fsp3) is 0.105. The molecule has 0 saturated heterocycles. The molecule has 3 rings (SSSR count). The Morgan fingerprint density at radius 2 is 2.00 bits per heavy atom. The lowest BCUT2D eigenvalue weighted by atomic mass is 10.1. The highest BCUT2D eigenvalue weighted by molar-refractivity contribution is 6.33. The number of primary amides is 1. The van der Waals surface area contributed by atoms with Crippen molar-refractivity contribution < 1.29 is 9.90 Å². The monoisotopic (exact) mass is 402 g/mol. The van der Waals surface area contributed by atoms with Crippen LogP contribution in [0, 0.1) is 6.92 Å². The van der Waals surface area contributed by atoms with Gasteiger partial charge in [0.25, 0.3) is 5.91 Å². The van der Waals surface area contributed by atoms with Crippen LogP contribution in [0.2, 0.25) is 10.0 Å². The minimum Gasteiger partial charge on any atom is -0.507 e. The quantitative estimate of drug-likeness (QED) is 0.557. The van der Waals surface area contributed by atoms with Crippen LogP contribution < -0.4 is 5.73 Å². The molecule has 1 aromatic heterocycles. The Morgan fingerprint density at radius 3 is 2.63 bits per heavy atom. The molecule has 0 saturated carbocycles. The maximum absolute atomic E-state index is 11.9. The number of carbonyl (C=O) groups excluding carboxylic acids is 1. The van der Waals surface area contributed by atoms with Gasteiger partial charge in [0, 0.05) is 17.7 Å². The molecule has 0 spiro atoms. The first kappa shape index (κ1) is 18.9. The van der Waals surface area contributed by atoms with Gasteiger partial charge in [0.05, 0.1) is 16.3 Å². The summed E-state index contributed by atoms with van der Waals surface area (Å²) in [7, 11) is 0. The maximum Gasteiger partial charge on any atom is 0.254 e. The van der Waals surface area contributed by atoms with Gasteiger partial charge < -0.3 is 10.8 Å². The second kappa shape index (κ2) is 7.82. The standard InChI is InChI=1S/C19H16Cl2N4O2/c1-10-6-14(21)13(16(26)7-10)9-23-19-17(18(22)27)15(24-25-19)8-11-2-4-12(20)5-3-11/h2-7,9,26H,8H2,1H3,(H2,22,27)(H,24,25). The number of phenolic OH excluding ortho intramolecular Hbond substituents is 1. The van der Waals surface area contributed by atoms with Crippen LogP contribution in [0.3, 0.4) is 0 Å². The van der Waals surface area contributed by atoms with E-state index in [0.717, 1.165) is 11.1 Å². The molecule has 1 amide bonds. The molecule has 0 bridgehead atoms. The minimum atomic E-state index is -0.654. The van der Waals surface area contributed by atoms with Crippen molar-refractivity contribution in [3.8, 4) is 5.75 Å². The van der Waals surface area contributed by atoms with E-state index in [0.29, 0.717) is 27.7 Å². The summed E-state index contributed by atoms with van der Waals surface area (Å²) in [6, 6.07) is 10.5. The first-order valence-corrected chi connectivity index (χ1v) is 8.75. The van der Waals surface area contributed by atoms with Gasteiger partial charge in [-0.2, -0.15) is 5.10 Å². The molecule has 27 heavy (non-hydrogen) atoms. The average Bonchev–Trinajstić information content (AvgIpc) is 2.99. The van der Waals surface area contributed by atoms with Gasteiger partial charge in [-0.3, -0.25) is 9.89 Å². The van der Waals surface area contributed by atoms with Crippen LogP contribution in [-0.2, 0) is 6.42 Å². The summed E-state index contributed by atoms with van der Waals surface area (Å²) in [5.41, 5.74) is 8.32. The summed E-state index contributed by atoms with van der Waals surface area (Å²) in [6.07, 6.45) is 1.76. The van der Waals surface area contributed by atoms with E-state index in [4.69, 9.17) is 28.9 Å². The molecule has 0 aliphatic carbocycles. The molecule has 0 fully saturated rings. The van der Waals surface area contributed by atoms with Crippen molar-refractivity contribution in [2.24, 2.45) is 10.7 Å². The van der Waals surface area contributed by atoms with Gasteiger partial charge in [-0.25, -0.2) is 4.99 Å². The number of H-pyrrole nitrogens is 1. The van der Waals surface area contributed by atoms with Gasteiger partial charge in [-0.15, -0.1) is 0 Å². The fourth-order valence-corrected chi connectivity index (χ4v) is 3.09. The Hall–Kier alpha value is -2.83. The number of hydrogen-bond acceptors (Lipinski definition) is 4. The lowest BCUT2D eigenvalue weighted by molar-refractivity contribution is 0.100. The molecule has 2 aromatic carbocycles.